The summed E-state index contributed by atoms with van der Waals surface area (Å²) in [5, 5.41) is 13.9. The van der Waals surface area contributed by atoms with E-state index in [1.165, 1.54) is 12.0 Å². The van der Waals surface area contributed by atoms with Crippen LogP contribution in [0.25, 0.3) is 6.08 Å². The highest BCUT2D eigenvalue weighted by Gasteiger charge is 2.31. The van der Waals surface area contributed by atoms with Crippen molar-refractivity contribution < 1.29 is 14.6 Å². The van der Waals surface area contributed by atoms with Crippen LogP contribution in [0.2, 0.25) is 5.02 Å². The Balaban J connectivity index is 1.88. The van der Waals surface area contributed by atoms with E-state index in [0.29, 0.717) is 21.4 Å². The minimum Gasteiger partial charge on any atom is -0.504 e. The van der Waals surface area contributed by atoms with Crippen molar-refractivity contribution in [2.45, 2.75) is 6.54 Å². The minimum atomic E-state index is -0.285. The smallest absolute Gasteiger partial charge is 0.276 e. The summed E-state index contributed by atoms with van der Waals surface area (Å²) >= 11 is 11.4. The number of amides is 1. The number of hydrogen-bond donors (Lipinski definition) is 2. The van der Waals surface area contributed by atoms with Gasteiger partial charge >= 0.3 is 0 Å². The summed E-state index contributed by atoms with van der Waals surface area (Å²) in [6.07, 6.45) is 1.54. The Hall–Kier alpha value is -2.57. The predicted octanol–water partition coefficient (Wildman–Crippen LogP) is 3.31. The molecule has 0 spiro atoms. The van der Waals surface area contributed by atoms with Crippen molar-refractivity contribution in [3.63, 3.8) is 0 Å². The maximum absolute atomic E-state index is 12.7. The highest BCUT2D eigenvalue weighted by atomic mass is 35.5. The van der Waals surface area contributed by atoms with Crippen molar-refractivity contribution in [3.8, 4) is 11.5 Å². The number of carbonyl (C=O) groups excluding carboxylic acids is 1. The third-order valence-corrected chi connectivity index (χ3v) is 4.49. The fourth-order valence-electron chi connectivity index (χ4n) is 2.49. The molecule has 0 saturated carbocycles. The molecule has 0 radical (unpaired) electrons. The average molecular weight is 375 g/mol. The summed E-state index contributed by atoms with van der Waals surface area (Å²) < 4.78 is 5.08. The van der Waals surface area contributed by atoms with Gasteiger partial charge in [0.2, 0.25) is 0 Å². The quantitative estimate of drug-likeness (QED) is 0.635. The number of halogens is 1. The van der Waals surface area contributed by atoms with Gasteiger partial charge in [-0.2, -0.15) is 0 Å². The van der Waals surface area contributed by atoms with Gasteiger partial charge in [-0.1, -0.05) is 41.9 Å². The van der Waals surface area contributed by atoms with Gasteiger partial charge in [0.05, 0.1) is 13.7 Å². The van der Waals surface area contributed by atoms with E-state index in [2.05, 4.69) is 5.32 Å². The number of para-hydroxylation sites is 1. The highest BCUT2D eigenvalue weighted by molar-refractivity contribution is 7.80. The summed E-state index contributed by atoms with van der Waals surface area (Å²) in [5.41, 5.74) is 1.53. The third-order valence-electron chi connectivity index (χ3n) is 3.80. The number of nitrogens with one attached hydrogen (secondary N) is 1. The summed E-state index contributed by atoms with van der Waals surface area (Å²) in [7, 11) is 1.46. The van der Waals surface area contributed by atoms with Gasteiger partial charge in [-0.15, -0.1) is 0 Å². The molecule has 3 rings (SSSR count). The lowest BCUT2D eigenvalue weighted by atomic mass is 10.1. The molecule has 2 N–H and O–H groups in total. The molecule has 7 heteroatoms. The van der Waals surface area contributed by atoms with Gasteiger partial charge in [-0.05, 0) is 36.0 Å². The molecular formula is C18H15ClN2O3S. The van der Waals surface area contributed by atoms with E-state index in [0.717, 1.165) is 5.56 Å². The Morgan fingerprint density at radius 1 is 1.28 bits per heavy atom. The number of thiocarbonyl (C=S) groups is 1. The van der Waals surface area contributed by atoms with Gasteiger partial charge in [0.25, 0.3) is 5.91 Å². The van der Waals surface area contributed by atoms with E-state index in [4.69, 9.17) is 28.6 Å². The largest absolute Gasteiger partial charge is 0.504 e. The van der Waals surface area contributed by atoms with E-state index < -0.39 is 0 Å². The lowest BCUT2D eigenvalue weighted by Crippen LogP contribution is -2.30. The molecule has 0 aliphatic carbocycles. The number of rotatable bonds is 4. The van der Waals surface area contributed by atoms with Crippen molar-refractivity contribution in [2.24, 2.45) is 0 Å². The molecule has 0 unspecified atom stereocenters. The molecule has 1 heterocycles. The predicted molar refractivity (Wildman–Crippen MR) is 100 cm³/mol. The van der Waals surface area contributed by atoms with Gasteiger partial charge in [0, 0.05) is 10.6 Å². The molecule has 0 atom stereocenters. The maximum Gasteiger partial charge on any atom is 0.276 e. The Morgan fingerprint density at radius 2 is 2.04 bits per heavy atom. The van der Waals surface area contributed by atoms with Crippen molar-refractivity contribution in [2.75, 3.05) is 7.11 Å². The molecule has 0 bridgehead atoms. The number of benzene rings is 2. The number of carbonyl (C=O) groups is 1. The topological polar surface area (TPSA) is 61.8 Å². The summed E-state index contributed by atoms with van der Waals surface area (Å²) in [6, 6.07) is 12.3. The first-order chi connectivity index (χ1) is 12.0. The van der Waals surface area contributed by atoms with Crippen LogP contribution in [0.1, 0.15) is 11.1 Å². The zero-order valence-corrected chi connectivity index (χ0v) is 14.9. The lowest BCUT2D eigenvalue weighted by Gasteiger charge is -2.14. The van der Waals surface area contributed by atoms with E-state index >= 15 is 0 Å². The van der Waals surface area contributed by atoms with Gasteiger partial charge in [0.1, 0.15) is 5.70 Å². The van der Waals surface area contributed by atoms with Crippen LogP contribution in [0.4, 0.5) is 0 Å². The Kier molecular flexibility index (Phi) is 4.92. The highest BCUT2D eigenvalue weighted by Crippen LogP contribution is 2.31. The molecule has 1 saturated heterocycles. The van der Waals surface area contributed by atoms with Crippen LogP contribution < -0.4 is 10.1 Å². The number of ether oxygens (including phenoxy) is 1. The van der Waals surface area contributed by atoms with Crippen LogP contribution >= 0.6 is 23.8 Å². The monoisotopic (exact) mass is 374 g/mol. The minimum absolute atomic E-state index is 0.0393. The molecule has 25 heavy (non-hydrogen) atoms. The van der Waals surface area contributed by atoms with Crippen LogP contribution in [0.5, 0.6) is 11.5 Å². The molecule has 1 amide bonds. The Bertz CT molecular complexity index is 882. The summed E-state index contributed by atoms with van der Waals surface area (Å²) in [5.74, 6) is 0.00464. The fraction of sp³-hybridized carbons (Fsp3) is 0.111. The molecule has 2 aromatic carbocycles. The first-order valence-electron chi connectivity index (χ1n) is 7.45. The second kappa shape index (κ2) is 7.13. The number of hydrogen-bond acceptors (Lipinski definition) is 4. The van der Waals surface area contributed by atoms with Gasteiger partial charge in [-0.25, -0.2) is 0 Å². The molecule has 1 aliphatic heterocycles. The second-order valence-electron chi connectivity index (χ2n) is 5.37. The second-order valence-corrected chi connectivity index (χ2v) is 6.16. The van der Waals surface area contributed by atoms with E-state index in [9.17, 15) is 9.90 Å². The van der Waals surface area contributed by atoms with Crippen molar-refractivity contribution in [3.05, 3.63) is 64.3 Å². The zero-order chi connectivity index (χ0) is 18.0. The molecule has 1 aliphatic rings. The van der Waals surface area contributed by atoms with Crippen LogP contribution in [-0.4, -0.2) is 28.1 Å². The molecular weight excluding hydrogens is 360 g/mol. The van der Waals surface area contributed by atoms with Crippen LogP contribution in [0.3, 0.4) is 0 Å². The first kappa shape index (κ1) is 17.3. The van der Waals surface area contributed by atoms with E-state index in [1.54, 1.807) is 30.3 Å². The molecule has 2 aromatic rings. The standard InChI is InChI=1S/C18H15ClN2O3S/c1-24-15-8-4-6-11(16(15)22)9-14-17(23)21(18(25)20-14)10-12-5-2-3-7-13(12)19/h2-9,22H,10H2,1H3,(H,20,25)/b14-9-. The molecule has 5 nitrogen and oxygen atoms in total. The number of phenols is 1. The van der Waals surface area contributed by atoms with E-state index in [1.807, 2.05) is 18.2 Å². The Labute approximate surface area is 155 Å². The van der Waals surface area contributed by atoms with Crippen LogP contribution in [0.15, 0.2) is 48.2 Å². The van der Waals surface area contributed by atoms with Crippen LogP contribution in [0, 0.1) is 0 Å². The summed E-state index contributed by atoms with van der Waals surface area (Å²) in [4.78, 5) is 14.1. The summed E-state index contributed by atoms with van der Waals surface area (Å²) in [6.45, 7) is 0.270. The van der Waals surface area contributed by atoms with Crippen molar-refractivity contribution >= 4 is 40.9 Å². The van der Waals surface area contributed by atoms with Crippen LogP contribution in [-0.2, 0) is 11.3 Å². The van der Waals surface area contributed by atoms with Gasteiger partial charge in [-0.3, -0.25) is 9.69 Å². The van der Waals surface area contributed by atoms with Crippen molar-refractivity contribution in [1.29, 1.82) is 0 Å². The number of methoxy groups -OCH3 is 1. The number of aromatic hydroxyl groups is 1. The number of phenolic OH excluding ortho intramolecular Hbond substituents is 1. The SMILES string of the molecule is COc1cccc(/C=C2\NC(=S)N(Cc3ccccc3Cl)C2=O)c1O. The first-order valence-corrected chi connectivity index (χ1v) is 8.24. The van der Waals surface area contributed by atoms with E-state index in [-0.39, 0.29) is 23.9 Å². The maximum atomic E-state index is 12.7. The van der Waals surface area contributed by atoms with Crippen molar-refractivity contribution in [1.82, 2.24) is 10.2 Å². The Morgan fingerprint density at radius 3 is 2.76 bits per heavy atom. The van der Waals surface area contributed by atoms with Gasteiger partial charge < -0.3 is 15.2 Å². The number of nitrogens with zero attached hydrogens (tertiary/aromatic N) is 1. The third kappa shape index (κ3) is 3.45. The molecule has 0 aromatic heterocycles. The fourth-order valence-corrected chi connectivity index (χ4v) is 2.94. The molecule has 128 valence electrons. The van der Waals surface area contributed by atoms with Gasteiger partial charge in [0.15, 0.2) is 16.6 Å². The average Bonchev–Trinajstić information content (AvgIpc) is 2.86. The normalized spacial score (nSPS) is 15.6. The zero-order valence-electron chi connectivity index (χ0n) is 13.3. The lowest BCUT2D eigenvalue weighted by molar-refractivity contribution is -0.122. The molecule has 1 fully saturated rings.